The summed E-state index contributed by atoms with van der Waals surface area (Å²) in [5, 5.41) is 0. The van der Waals surface area contributed by atoms with Gasteiger partial charge in [-0.25, -0.2) is 4.79 Å². The van der Waals surface area contributed by atoms with Crippen LogP contribution in [0.2, 0.25) is 0 Å². The fourth-order valence-electron chi connectivity index (χ4n) is 3.95. The number of hydrogen-bond donors (Lipinski definition) is 0. The van der Waals surface area contributed by atoms with Crippen molar-refractivity contribution in [2.24, 2.45) is 0 Å². The van der Waals surface area contributed by atoms with E-state index in [0.29, 0.717) is 45.2 Å². The third-order valence-electron chi connectivity index (χ3n) is 6.38. The Kier molecular flexibility index (Phi) is 14.7. The highest BCUT2D eigenvalue weighted by Gasteiger charge is 2.07. The zero-order valence-corrected chi connectivity index (χ0v) is 24.1. The van der Waals surface area contributed by atoms with Crippen molar-refractivity contribution in [2.45, 2.75) is 59.0 Å². The molecular weight excluding hydrogens is 504 g/mol. The minimum atomic E-state index is -0.271. The van der Waals surface area contributed by atoms with E-state index in [9.17, 15) is 4.79 Å². The van der Waals surface area contributed by atoms with E-state index in [-0.39, 0.29) is 5.97 Å². The van der Waals surface area contributed by atoms with Gasteiger partial charge in [-0.3, -0.25) is 0 Å². The van der Waals surface area contributed by atoms with Crippen LogP contribution in [0.25, 0.3) is 11.1 Å². The molecule has 6 nitrogen and oxygen atoms in total. The molecular formula is C34H44O6. The molecule has 0 radical (unpaired) electrons. The van der Waals surface area contributed by atoms with Crippen molar-refractivity contribution in [3.63, 3.8) is 0 Å². The second-order valence-electron chi connectivity index (χ2n) is 9.66. The van der Waals surface area contributed by atoms with E-state index in [1.54, 1.807) is 12.1 Å². The molecule has 0 aliphatic rings. The lowest BCUT2D eigenvalue weighted by molar-refractivity contribution is 0.0356. The van der Waals surface area contributed by atoms with Gasteiger partial charge in [0.05, 0.1) is 32.0 Å². The zero-order chi connectivity index (χ0) is 28.3. The summed E-state index contributed by atoms with van der Waals surface area (Å²) in [6.07, 6.45) is 6.58. The smallest absolute Gasteiger partial charge is 0.338 e. The molecule has 0 aromatic heterocycles. The van der Waals surface area contributed by atoms with Gasteiger partial charge in [0.15, 0.2) is 0 Å². The standard InChI is InChI=1S/C34H44O6/c1-3-5-7-8-22-39-34(35)31-11-9-28(10-12-31)27-40-33-19-15-30(16-20-33)29-13-17-32(18-14-29)38-26-25-37-24-23-36-21-6-4-2/h9-20H,3-8,21-27H2,1-2H3. The third kappa shape index (κ3) is 11.8. The van der Waals surface area contributed by atoms with Crippen LogP contribution in [-0.4, -0.2) is 45.6 Å². The van der Waals surface area contributed by atoms with Crippen molar-refractivity contribution in [1.29, 1.82) is 0 Å². The lowest BCUT2D eigenvalue weighted by atomic mass is 10.1. The molecule has 0 N–H and O–H groups in total. The van der Waals surface area contributed by atoms with Gasteiger partial charge in [0.25, 0.3) is 0 Å². The maximum absolute atomic E-state index is 12.2. The van der Waals surface area contributed by atoms with E-state index < -0.39 is 0 Å². The molecule has 3 aromatic carbocycles. The maximum Gasteiger partial charge on any atom is 0.338 e. The molecule has 0 saturated heterocycles. The lowest BCUT2D eigenvalue weighted by Gasteiger charge is -2.10. The van der Waals surface area contributed by atoms with Gasteiger partial charge >= 0.3 is 5.97 Å². The number of rotatable bonds is 20. The summed E-state index contributed by atoms with van der Waals surface area (Å²) in [7, 11) is 0. The predicted molar refractivity (Wildman–Crippen MR) is 159 cm³/mol. The molecule has 0 heterocycles. The second-order valence-corrected chi connectivity index (χ2v) is 9.66. The summed E-state index contributed by atoms with van der Waals surface area (Å²) in [6, 6.07) is 23.4. The number of esters is 1. The van der Waals surface area contributed by atoms with Crippen molar-refractivity contribution in [3.05, 3.63) is 83.9 Å². The van der Waals surface area contributed by atoms with E-state index >= 15 is 0 Å². The first kappa shape index (κ1) is 31.2. The average molecular weight is 549 g/mol. The van der Waals surface area contributed by atoms with Crippen molar-refractivity contribution in [1.82, 2.24) is 0 Å². The van der Waals surface area contributed by atoms with Crippen LogP contribution in [0.5, 0.6) is 11.5 Å². The molecule has 0 amide bonds. The Balaban J connectivity index is 1.35. The van der Waals surface area contributed by atoms with Crippen LogP contribution in [0.15, 0.2) is 72.8 Å². The van der Waals surface area contributed by atoms with Crippen LogP contribution in [0.4, 0.5) is 0 Å². The predicted octanol–water partition coefficient (Wildman–Crippen LogP) is 7.88. The number of carbonyl (C=O) groups excluding carboxylic acids is 1. The number of carbonyl (C=O) groups is 1. The van der Waals surface area contributed by atoms with E-state index in [1.165, 1.54) is 12.8 Å². The van der Waals surface area contributed by atoms with Gasteiger partial charge in [0, 0.05) is 6.61 Å². The van der Waals surface area contributed by atoms with Gasteiger partial charge < -0.3 is 23.7 Å². The van der Waals surface area contributed by atoms with Crippen LogP contribution >= 0.6 is 0 Å². The van der Waals surface area contributed by atoms with E-state index in [0.717, 1.165) is 60.5 Å². The van der Waals surface area contributed by atoms with Crippen LogP contribution in [0.1, 0.15) is 68.3 Å². The normalized spacial score (nSPS) is 10.8. The third-order valence-corrected chi connectivity index (χ3v) is 6.38. The van der Waals surface area contributed by atoms with Crippen molar-refractivity contribution in [2.75, 3.05) is 39.6 Å². The highest BCUT2D eigenvalue weighted by molar-refractivity contribution is 5.89. The van der Waals surface area contributed by atoms with Crippen LogP contribution in [-0.2, 0) is 20.8 Å². The Morgan fingerprint density at radius 2 is 1.12 bits per heavy atom. The Morgan fingerprint density at radius 3 is 1.75 bits per heavy atom. The summed E-state index contributed by atoms with van der Waals surface area (Å²) in [6.45, 7) is 8.27. The minimum Gasteiger partial charge on any atom is -0.491 e. The fourth-order valence-corrected chi connectivity index (χ4v) is 3.95. The summed E-state index contributed by atoms with van der Waals surface area (Å²) in [5.74, 6) is 1.33. The van der Waals surface area contributed by atoms with Gasteiger partial charge in [-0.2, -0.15) is 0 Å². The summed E-state index contributed by atoms with van der Waals surface area (Å²) in [4.78, 5) is 12.2. The quantitative estimate of drug-likeness (QED) is 0.106. The van der Waals surface area contributed by atoms with E-state index in [1.807, 2.05) is 60.7 Å². The Bertz CT molecular complexity index is 1080. The molecule has 40 heavy (non-hydrogen) atoms. The molecule has 3 aromatic rings. The van der Waals surface area contributed by atoms with Crippen molar-refractivity contribution < 1.29 is 28.5 Å². The molecule has 0 spiro atoms. The van der Waals surface area contributed by atoms with Crippen molar-refractivity contribution in [3.8, 4) is 22.6 Å². The first-order valence-corrected chi connectivity index (χ1v) is 14.6. The number of unbranched alkanes of at least 4 members (excludes halogenated alkanes) is 4. The highest BCUT2D eigenvalue weighted by atomic mass is 16.5. The number of hydrogen-bond acceptors (Lipinski definition) is 6. The first-order valence-electron chi connectivity index (χ1n) is 14.6. The summed E-state index contributed by atoms with van der Waals surface area (Å²) < 4.78 is 28.1. The van der Waals surface area contributed by atoms with Gasteiger partial charge in [0.1, 0.15) is 24.7 Å². The SMILES string of the molecule is CCCCCCOC(=O)c1ccc(COc2ccc(-c3ccc(OCCOCCOCCCC)cc3)cc2)cc1. The Morgan fingerprint density at radius 1 is 0.550 bits per heavy atom. The number of ether oxygens (including phenoxy) is 5. The average Bonchev–Trinajstić information content (AvgIpc) is 3.00. The molecule has 6 heteroatoms. The van der Waals surface area contributed by atoms with Gasteiger partial charge in [-0.15, -0.1) is 0 Å². The Hall–Kier alpha value is -3.35. The Labute approximate surface area is 239 Å². The molecule has 0 saturated carbocycles. The molecule has 0 atom stereocenters. The molecule has 216 valence electrons. The van der Waals surface area contributed by atoms with Crippen LogP contribution in [0, 0.1) is 0 Å². The molecule has 0 unspecified atom stereocenters. The first-order chi connectivity index (χ1) is 19.7. The van der Waals surface area contributed by atoms with Crippen molar-refractivity contribution >= 4 is 5.97 Å². The zero-order valence-electron chi connectivity index (χ0n) is 24.1. The summed E-state index contributed by atoms with van der Waals surface area (Å²) >= 11 is 0. The van der Waals surface area contributed by atoms with E-state index in [4.69, 9.17) is 23.7 Å². The molecule has 3 rings (SSSR count). The molecule has 0 aliphatic carbocycles. The van der Waals surface area contributed by atoms with Gasteiger partial charge in [0.2, 0.25) is 0 Å². The fraction of sp³-hybridized carbons (Fsp3) is 0.441. The highest BCUT2D eigenvalue weighted by Crippen LogP contribution is 2.25. The maximum atomic E-state index is 12.2. The van der Waals surface area contributed by atoms with Crippen LogP contribution in [0.3, 0.4) is 0 Å². The topological polar surface area (TPSA) is 63.2 Å². The lowest BCUT2D eigenvalue weighted by Crippen LogP contribution is -2.11. The van der Waals surface area contributed by atoms with Crippen LogP contribution < -0.4 is 9.47 Å². The second kappa shape index (κ2) is 18.9. The van der Waals surface area contributed by atoms with E-state index in [2.05, 4.69) is 13.8 Å². The molecule has 0 bridgehead atoms. The number of benzene rings is 3. The summed E-state index contributed by atoms with van der Waals surface area (Å²) in [5.41, 5.74) is 3.76. The molecule has 0 fully saturated rings. The largest absolute Gasteiger partial charge is 0.491 e. The molecule has 0 aliphatic heterocycles. The monoisotopic (exact) mass is 548 g/mol. The van der Waals surface area contributed by atoms with Gasteiger partial charge in [-0.05, 0) is 65.9 Å². The van der Waals surface area contributed by atoms with Gasteiger partial charge in [-0.1, -0.05) is 75.9 Å². The minimum absolute atomic E-state index is 0.271.